The highest BCUT2D eigenvalue weighted by atomic mass is 35.5. The van der Waals surface area contributed by atoms with Crippen LogP contribution in [0.15, 0.2) is 18.2 Å². The van der Waals surface area contributed by atoms with Crippen molar-refractivity contribution in [2.45, 2.75) is 6.54 Å². The Balaban J connectivity index is 2.56. The second-order valence-electron chi connectivity index (χ2n) is 3.18. The molecule has 0 atom stereocenters. The molecular weight excluding hydrogens is 216 g/mol. The third-order valence-corrected chi connectivity index (χ3v) is 2.20. The summed E-state index contributed by atoms with van der Waals surface area (Å²) in [6.45, 7) is 1.77. The van der Waals surface area contributed by atoms with E-state index in [0.29, 0.717) is 24.8 Å². The summed E-state index contributed by atoms with van der Waals surface area (Å²) in [5.74, 6) is 0. The number of rotatable bonds is 6. The fourth-order valence-electron chi connectivity index (χ4n) is 1.32. The van der Waals surface area contributed by atoms with Crippen LogP contribution in [0.1, 0.15) is 5.69 Å². The molecule has 0 saturated carbocycles. The molecule has 4 nitrogen and oxygen atoms in total. The maximum absolute atomic E-state index is 8.83. The van der Waals surface area contributed by atoms with E-state index < -0.39 is 0 Å². The number of pyridine rings is 1. The zero-order valence-corrected chi connectivity index (χ0v) is 9.19. The molecule has 0 aliphatic rings. The van der Waals surface area contributed by atoms with Gasteiger partial charge in [0, 0.05) is 19.6 Å². The number of hydrogen-bond acceptors (Lipinski definition) is 4. The molecule has 0 radical (unpaired) electrons. The van der Waals surface area contributed by atoms with Crippen LogP contribution in [0.25, 0.3) is 0 Å². The van der Waals surface area contributed by atoms with Crippen LogP contribution in [-0.4, -0.2) is 46.4 Å². The largest absolute Gasteiger partial charge is 0.395 e. The number of aliphatic hydroxyl groups is 2. The number of halogens is 1. The van der Waals surface area contributed by atoms with Gasteiger partial charge < -0.3 is 10.2 Å². The summed E-state index contributed by atoms with van der Waals surface area (Å²) in [6, 6.07) is 5.42. The second-order valence-corrected chi connectivity index (χ2v) is 3.56. The molecule has 1 aromatic heterocycles. The Morgan fingerprint density at radius 1 is 1.20 bits per heavy atom. The predicted molar refractivity (Wildman–Crippen MR) is 58.7 cm³/mol. The first-order valence-electron chi connectivity index (χ1n) is 4.81. The first-order valence-corrected chi connectivity index (χ1v) is 5.19. The van der Waals surface area contributed by atoms with E-state index in [0.717, 1.165) is 5.69 Å². The van der Waals surface area contributed by atoms with E-state index in [1.54, 1.807) is 6.07 Å². The van der Waals surface area contributed by atoms with Gasteiger partial charge in [0.05, 0.1) is 18.9 Å². The predicted octanol–water partition coefficient (Wildman–Crippen LogP) is 0.522. The van der Waals surface area contributed by atoms with Gasteiger partial charge in [-0.1, -0.05) is 17.7 Å². The van der Waals surface area contributed by atoms with E-state index in [9.17, 15) is 0 Å². The van der Waals surface area contributed by atoms with Crippen LogP contribution in [0.2, 0.25) is 5.15 Å². The minimum atomic E-state index is 0.0700. The zero-order chi connectivity index (χ0) is 11.1. The quantitative estimate of drug-likeness (QED) is 0.700. The number of aromatic nitrogens is 1. The first-order chi connectivity index (χ1) is 7.26. The van der Waals surface area contributed by atoms with E-state index in [1.165, 1.54) is 0 Å². The lowest BCUT2D eigenvalue weighted by molar-refractivity contribution is 0.154. The lowest BCUT2D eigenvalue weighted by atomic mass is 10.3. The minimum Gasteiger partial charge on any atom is -0.395 e. The molecule has 0 fully saturated rings. The molecule has 0 unspecified atom stereocenters. The van der Waals surface area contributed by atoms with E-state index in [4.69, 9.17) is 21.8 Å². The third-order valence-electron chi connectivity index (χ3n) is 1.99. The third kappa shape index (κ3) is 4.57. The summed E-state index contributed by atoms with van der Waals surface area (Å²) < 4.78 is 0. The fraction of sp³-hybridized carbons (Fsp3) is 0.500. The summed E-state index contributed by atoms with van der Waals surface area (Å²) >= 11 is 5.75. The van der Waals surface area contributed by atoms with Crippen LogP contribution in [0.5, 0.6) is 0 Å². The summed E-state index contributed by atoms with van der Waals surface area (Å²) in [5.41, 5.74) is 0.837. The number of hydrogen-bond donors (Lipinski definition) is 2. The standard InChI is InChI=1S/C10H15ClN2O2/c11-10-3-1-2-9(12-10)8-13(4-6-14)5-7-15/h1-3,14-15H,4-8H2. The number of aliphatic hydroxyl groups excluding tert-OH is 2. The molecule has 0 aliphatic heterocycles. The van der Waals surface area contributed by atoms with E-state index in [1.807, 2.05) is 17.0 Å². The van der Waals surface area contributed by atoms with E-state index in [-0.39, 0.29) is 13.2 Å². The van der Waals surface area contributed by atoms with Crippen molar-refractivity contribution in [2.24, 2.45) is 0 Å². The van der Waals surface area contributed by atoms with Gasteiger partial charge in [-0.3, -0.25) is 4.90 Å². The molecule has 0 aliphatic carbocycles. The molecule has 5 heteroatoms. The lowest BCUT2D eigenvalue weighted by Gasteiger charge is -2.19. The van der Waals surface area contributed by atoms with Crippen molar-refractivity contribution in [1.29, 1.82) is 0 Å². The van der Waals surface area contributed by atoms with Gasteiger partial charge in [-0.25, -0.2) is 4.98 Å². The Labute approximate surface area is 94.1 Å². The molecule has 0 saturated heterocycles. The van der Waals surface area contributed by atoms with Crippen molar-refractivity contribution in [3.8, 4) is 0 Å². The Morgan fingerprint density at radius 3 is 2.40 bits per heavy atom. The topological polar surface area (TPSA) is 56.6 Å². The van der Waals surface area contributed by atoms with Crippen LogP contribution in [0.3, 0.4) is 0 Å². The van der Waals surface area contributed by atoms with Crippen LogP contribution >= 0.6 is 11.6 Å². The monoisotopic (exact) mass is 230 g/mol. The van der Waals surface area contributed by atoms with Gasteiger partial charge in [-0.15, -0.1) is 0 Å². The average molecular weight is 231 g/mol. The molecule has 0 bridgehead atoms. The maximum atomic E-state index is 8.83. The summed E-state index contributed by atoms with van der Waals surface area (Å²) in [4.78, 5) is 6.05. The van der Waals surface area contributed by atoms with Gasteiger partial charge in [0.2, 0.25) is 0 Å². The summed E-state index contributed by atoms with van der Waals surface area (Å²) in [6.07, 6.45) is 0. The maximum Gasteiger partial charge on any atom is 0.129 e. The molecule has 1 aromatic rings. The Morgan fingerprint density at radius 2 is 1.87 bits per heavy atom. The molecule has 1 heterocycles. The highest BCUT2D eigenvalue weighted by Gasteiger charge is 2.05. The van der Waals surface area contributed by atoms with Crippen molar-refractivity contribution in [3.05, 3.63) is 29.0 Å². The second kappa shape index (κ2) is 6.74. The zero-order valence-electron chi connectivity index (χ0n) is 8.43. The molecule has 1 rings (SSSR count). The fourth-order valence-corrected chi connectivity index (χ4v) is 1.50. The summed E-state index contributed by atoms with van der Waals surface area (Å²) in [7, 11) is 0. The normalized spacial score (nSPS) is 10.9. The van der Waals surface area contributed by atoms with Crippen molar-refractivity contribution in [3.63, 3.8) is 0 Å². The molecule has 84 valence electrons. The average Bonchev–Trinajstić information content (AvgIpc) is 2.18. The molecule has 15 heavy (non-hydrogen) atoms. The van der Waals surface area contributed by atoms with Gasteiger partial charge in [-0.05, 0) is 12.1 Å². The van der Waals surface area contributed by atoms with Gasteiger partial charge >= 0.3 is 0 Å². The van der Waals surface area contributed by atoms with Gasteiger partial charge in [0.15, 0.2) is 0 Å². The minimum absolute atomic E-state index is 0.0700. The molecule has 0 spiro atoms. The SMILES string of the molecule is OCCN(CCO)Cc1cccc(Cl)n1. The molecule has 0 amide bonds. The Kier molecular flexibility index (Phi) is 5.57. The Hall–Kier alpha value is -0.680. The highest BCUT2D eigenvalue weighted by molar-refractivity contribution is 6.29. The van der Waals surface area contributed by atoms with Crippen molar-refractivity contribution >= 4 is 11.6 Å². The highest BCUT2D eigenvalue weighted by Crippen LogP contribution is 2.07. The van der Waals surface area contributed by atoms with E-state index in [2.05, 4.69) is 4.98 Å². The lowest BCUT2D eigenvalue weighted by Crippen LogP contribution is -2.29. The smallest absolute Gasteiger partial charge is 0.129 e. The van der Waals surface area contributed by atoms with Gasteiger partial charge in [0.25, 0.3) is 0 Å². The van der Waals surface area contributed by atoms with Gasteiger partial charge in [0.1, 0.15) is 5.15 Å². The van der Waals surface area contributed by atoms with Crippen molar-refractivity contribution < 1.29 is 10.2 Å². The van der Waals surface area contributed by atoms with Crippen molar-refractivity contribution in [2.75, 3.05) is 26.3 Å². The first kappa shape index (κ1) is 12.4. The van der Waals surface area contributed by atoms with Crippen LogP contribution in [0, 0.1) is 0 Å². The van der Waals surface area contributed by atoms with Gasteiger partial charge in [-0.2, -0.15) is 0 Å². The summed E-state index contributed by atoms with van der Waals surface area (Å²) in [5, 5.41) is 18.1. The molecule has 0 aromatic carbocycles. The number of nitrogens with zero attached hydrogens (tertiary/aromatic N) is 2. The van der Waals surface area contributed by atoms with Crippen molar-refractivity contribution in [1.82, 2.24) is 9.88 Å². The molecule has 2 N–H and O–H groups in total. The van der Waals surface area contributed by atoms with E-state index >= 15 is 0 Å². The van der Waals surface area contributed by atoms with Crippen LogP contribution in [0.4, 0.5) is 0 Å². The molecular formula is C10H15ClN2O2. The Bertz CT molecular complexity index is 291. The van der Waals surface area contributed by atoms with Crippen LogP contribution in [-0.2, 0) is 6.54 Å². The van der Waals surface area contributed by atoms with Crippen LogP contribution < -0.4 is 0 Å².